The third-order valence-electron chi connectivity index (χ3n) is 6.52. The molecule has 0 saturated carbocycles. The Balaban J connectivity index is 1.36. The number of nitrogens with zero attached hydrogens (tertiary/aromatic N) is 2. The number of nitrogens with two attached hydrogens (primary N) is 1. The van der Waals surface area contributed by atoms with Crippen LogP contribution in [-0.4, -0.2) is 67.6 Å². The predicted octanol–water partition coefficient (Wildman–Crippen LogP) is 0.901. The van der Waals surface area contributed by atoms with E-state index in [4.69, 9.17) is 10.5 Å². The SMILES string of the molecule is NC(=O)CN1C[C@@H]2COC[C@]2(C(=O)N2CCC(Cc3ccccc3)CC2)C1. The maximum atomic E-state index is 13.4. The zero-order chi connectivity index (χ0) is 18.9. The van der Waals surface area contributed by atoms with Crippen molar-refractivity contribution >= 4 is 11.8 Å². The number of ether oxygens (including phenoxy) is 1. The summed E-state index contributed by atoms with van der Waals surface area (Å²) in [5.74, 6) is 0.696. The lowest BCUT2D eigenvalue weighted by Crippen LogP contribution is -2.51. The van der Waals surface area contributed by atoms with Crippen molar-refractivity contribution < 1.29 is 14.3 Å². The van der Waals surface area contributed by atoms with E-state index in [0.717, 1.165) is 38.9 Å². The van der Waals surface area contributed by atoms with Crippen LogP contribution < -0.4 is 5.73 Å². The number of carbonyl (C=O) groups excluding carboxylic acids is 2. The number of likely N-dealkylation sites (tertiary alicyclic amines) is 2. The van der Waals surface area contributed by atoms with Gasteiger partial charge in [0.15, 0.2) is 0 Å². The normalized spacial score (nSPS) is 29.0. The fourth-order valence-corrected chi connectivity index (χ4v) is 5.09. The van der Waals surface area contributed by atoms with Gasteiger partial charge in [0.2, 0.25) is 11.8 Å². The Morgan fingerprint density at radius 1 is 1.19 bits per heavy atom. The second kappa shape index (κ2) is 7.60. The summed E-state index contributed by atoms with van der Waals surface area (Å²) >= 11 is 0. The van der Waals surface area contributed by atoms with Gasteiger partial charge in [0, 0.05) is 32.1 Å². The van der Waals surface area contributed by atoms with Gasteiger partial charge in [-0.15, -0.1) is 0 Å². The second-order valence-corrected chi connectivity index (χ2v) is 8.43. The fourth-order valence-electron chi connectivity index (χ4n) is 5.09. The Kier molecular flexibility index (Phi) is 5.19. The monoisotopic (exact) mass is 371 g/mol. The third-order valence-corrected chi connectivity index (χ3v) is 6.52. The van der Waals surface area contributed by atoms with Crippen LogP contribution in [-0.2, 0) is 20.7 Å². The van der Waals surface area contributed by atoms with Crippen molar-refractivity contribution in [2.45, 2.75) is 19.3 Å². The van der Waals surface area contributed by atoms with Gasteiger partial charge < -0.3 is 15.4 Å². The molecule has 3 heterocycles. The molecule has 2 N–H and O–H groups in total. The number of carbonyl (C=O) groups is 2. The quantitative estimate of drug-likeness (QED) is 0.834. The molecule has 3 aliphatic heterocycles. The summed E-state index contributed by atoms with van der Waals surface area (Å²) in [6.07, 6.45) is 3.19. The highest BCUT2D eigenvalue weighted by atomic mass is 16.5. The Morgan fingerprint density at radius 2 is 1.93 bits per heavy atom. The molecule has 0 aromatic heterocycles. The molecule has 146 valence electrons. The molecule has 3 aliphatic rings. The number of piperidine rings is 1. The third kappa shape index (κ3) is 3.73. The lowest BCUT2D eigenvalue weighted by molar-refractivity contribution is -0.144. The molecule has 1 aromatic rings. The summed E-state index contributed by atoms with van der Waals surface area (Å²) in [6, 6.07) is 10.6. The minimum atomic E-state index is -0.484. The molecule has 0 aliphatic carbocycles. The van der Waals surface area contributed by atoms with Crippen molar-refractivity contribution in [2.75, 3.05) is 45.9 Å². The van der Waals surface area contributed by atoms with E-state index < -0.39 is 5.41 Å². The Bertz CT molecular complexity index is 687. The Labute approximate surface area is 160 Å². The molecule has 0 unspecified atom stereocenters. The Hall–Kier alpha value is -1.92. The van der Waals surface area contributed by atoms with Gasteiger partial charge in [-0.2, -0.15) is 0 Å². The number of primary amides is 1. The average Bonchev–Trinajstić information content (AvgIpc) is 3.20. The van der Waals surface area contributed by atoms with Crippen LogP contribution in [0.3, 0.4) is 0 Å². The summed E-state index contributed by atoms with van der Waals surface area (Å²) in [6.45, 7) is 4.25. The highest BCUT2D eigenvalue weighted by molar-refractivity contribution is 5.85. The number of rotatable bonds is 5. The number of amides is 2. The van der Waals surface area contributed by atoms with Gasteiger partial charge in [0.05, 0.1) is 25.2 Å². The molecule has 6 nitrogen and oxygen atoms in total. The van der Waals surface area contributed by atoms with Crippen LogP contribution in [0.5, 0.6) is 0 Å². The van der Waals surface area contributed by atoms with E-state index in [0.29, 0.717) is 25.7 Å². The molecule has 2 atom stereocenters. The molecule has 0 spiro atoms. The summed E-state index contributed by atoms with van der Waals surface area (Å²) < 4.78 is 5.69. The topological polar surface area (TPSA) is 75.9 Å². The van der Waals surface area contributed by atoms with Crippen molar-refractivity contribution in [1.29, 1.82) is 0 Å². The van der Waals surface area contributed by atoms with Crippen LogP contribution in [0.4, 0.5) is 0 Å². The highest BCUT2D eigenvalue weighted by Crippen LogP contribution is 2.43. The summed E-state index contributed by atoms with van der Waals surface area (Å²) in [5, 5.41) is 0. The number of hydrogen-bond donors (Lipinski definition) is 1. The van der Waals surface area contributed by atoms with Crippen molar-refractivity contribution in [1.82, 2.24) is 9.80 Å². The molecular formula is C21H29N3O3. The zero-order valence-corrected chi connectivity index (χ0v) is 15.8. The molecule has 0 radical (unpaired) electrons. The minimum Gasteiger partial charge on any atom is -0.380 e. The number of hydrogen-bond acceptors (Lipinski definition) is 4. The molecule has 3 saturated heterocycles. The standard InChI is InChI=1S/C21H29N3O3/c22-19(25)12-23-11-18-13-27-15-21(18,14-23)20(26)24-8-6-17(7-9-24)10-16-4-2-1-3-5-16/h1-5,17-18H,6-15H2,(H2,22,25)/t18-,21-/m1/s1. The molecular weight excluding hydrogens is 342 g/mol. The Morgan fingerprint density at radius 3 is 2.63 bits per heavy atom. The van der Waals surface area contributed by atoms with Gasteiger partial charge in [-0.3, -0.25) is 14.5 Å². The van der Waals surface area contributed by atoms with E-state index in [2.05, 4.69) is 24.3 Å². The van der Waals surface area contributed by atoms with Crippen LogP contribution in [0.15, 0.2) is 30.3 Å². The van der Waals surface area contributed by atoms with Crippen LogP contribution in [0.1, 0.15) is 18.4 Å². The molecule has 6 heteroatoms. The van der Waals surface area contributed by atoms with E-state index >= 15 is 0 Å². The van der Waals surface area contributed by atoms with Gasteiger partial charge in [-0.05, 0) is 30.7 Å². The molecule has 0 bridgehead atoms. The van der Waals surface area contributed by atoms with Gasteiger partial charge in [-0.1, -0.05) is 30.3 Å². The van der Waals surface area contributed by atoms with Gasteiger partial charge >= 0.3 is 0 Å². The lowest BCUT2D eigenvalue weighted by atomic mass is 9.78. The second-order valence-electron chi connectivity index (χ2n) is 8.43. The number of benzene rings is 1. The first-order valence-corrected chi connectivity index (χ1v) is 9.98. The summed E-state index contributed by atoms with van der Waals surface area (Å²) in [4.78, 5) is 28.8. The van der Waals surface area contributed by atoms with Crippen LogP contribution in [0.25, 0.3) is 0 Å². The first kappa shape index (κ1) is 18.4. The molecule has 2 amide bonds. The van der Waals surface area contributed by atoms with E-state index in [9.17, 15) is 9.59 Å². The first-order valence-electron chi connectivity index (χ1n) is 9.98. The van der Waals surface area contributed by atoms with E-state index in [-0.39, 0.29) is 24.3 Å². The lowest BCUT2D eigenvalue weighted by Gasteiger charge is -2.38. The average molecular weight is 371 g/mol. The molecule has 3 fully saturated rings. The fraction of sp³-hybridized carbons (Fsp3) is 0.619. The van der Waals surface area contributed by atoms with Gasteiger partial charge in [0.25, 0.3) is 0 Å². The van der Waals surface area contributed by atoms with Crippen molar-refractivity contribution in [3.8, 4) is 0 Å². The largest absolute Gasteiger partial charge is 0.380 e. The minimum absolute atomic E-state index is 0.173. The smallest absolute Gasteiger partial charge is 0.232 e. The van der Waals surface area contributed by atoms with E-state index in [1.165, 1.54) is 5.56 Å². The van der Waals surface area contributed by atoms with Crippen molar-refractivity contribution in [2.24, 2.45) is 23.0 Å². The zero-order valence-electron chi connectivity index (χ0n) is 15.8. The van der Waals surface area contributed by atoms with Crippen LogP contribution in [0.2, 0.25) is 0 Å². The molecule has 1 aromatic carbocycles. The highest BCUT2D eigenvalue weighted by Gasteiger charge is 2.57. The van der Waals surface area contributed by atoms with Gasteiger partial charge in [0.1, 0.15) is 0 Å². The maximum absolute atomic E-state index is 13.4. The first-order chi connectivity index (χ1) is 13.1. The van der Waals surface area contributed by atoms with Crippen molar-refractivity contribution in [3.63, 3.8) is 0 Å². The predicted molar refractivity (Wildman–Crippen MR) is 102 cm³/mol. The van der Waals surface area contributed by atoms with E-state index in [1.807, 2.05) is 15.9 Å². The van der Waals surface area contributed by atoms with E-state index in [1.54, 1.807) is 0 Å². The van der Waals surface area contributed by atoms with Crippen LogP contribution >= 0.6 is 0 Å². The molecule has 4 rings (SSSR count). The summed E-state index contributed by atoms with van der Waals surface area (Å²) in [5.41, 5.74) is 6.25. The van der Waals surface area contributed by atoms with Crippen LogP contribution in [0, 0.1) is 17.3 Å². The summed E-state index contributed by atoms with van der Waals surface area (Å²) in [7, 11) is 0. The van der Waals surface area contributed by atoms with Crippen molar-refractivity contribution in [3.05, 3.63) is 35.9 Å². The number of fused-ring (bicyclic) bond motifs is 1. The molecule has 27 heavy (non-hydrogen) atoms. The van der Waals surface area contributed by atoms with Gasteiger partial charge in [-0.25, -0.2) is 0 Å². The maximum Gasteiger partial charge on any atom is 0.232 e.